The Balaban J connectivity index is 2.49. The minimum absolute atomic E-state index is 0.938. The van der Waals surface area contributed by atoms with Crippen molar-refractivity contribution in [2.45, 2.75) is 0 Å². The van der Waals surface area contributed by atoms with Crippen LogP contribution in [0.4, 0.5) is 4.39 Å². The number of alkyl halides is 1. The van der Waals surface area contributed by atoms with Gasteiger partial charge in [-0.3, -0.25) is 0 Å². The normalized spacial score (nSPS) is 7.50. The molecule has 3 heteroatoms. The fourth-order valence-corrected chi connectivity index (χ4v) is 0.0738. The molecule has 0 spiro atoms. The van der Waals surface area contributed by atoms with Crippen LogP contribution in [0.15, 0.2) is 12.8 Å². The summed E-state index contributed by atoms with van der Waals surface area (Å²) in [6.07, 6.45) is 1.000. The van der Waals surface area contributed by atoms with E-state index in [1.165, 1.54) is 0 Å². The van der Waals surface area contributed by atoms with Gasteiger partial charge in [0, 0.05) is 0 Å². The predicted octanol–water partition coefficient (Wildman–Crippen LogP) is 1.01. The summed E-state index contributed by atoms with van der Waals surface area (Å²) in [7, 11) is 0. The molecule has 0 unspecified atom stereocenters. The van der Waals surface area contributed by atoms with Crippen molar-refractivity contribution in [2.24, 2.45) is 0 Å². The number of hydrogen-bond acceptors (Lipinski definition) is 2. The second-order valence-corrected chi connectivity index (χ2v) is 0.490. The van der Waals surface area contributed by atoms with Gasteiger partial charge in [0.2, 0.25) is 6.86 Å². The van der Waals surface area contributed by atoms with Crippen molar-refractivity contribution in [3.05, 3.63) is 12.8 Å². The van der Waals surface area contributed by atoms with Crippen LogP contribution in [0.25, 0.3) is 0 Å². The smallest absolute Gasteiger partial charge is 0.233 e. The van der Waals surface area contributed by atoms with Crippen molar-refractivity contribution in [3.63, 3.8) is 0 Å². The summed E-state index contributed by atoms with van der Waals surface area (Å²) in [6.45, 7) is 2.15. The molecule has 0 radical (unpaired) electrons. The fourth-order valence-electron chi connectivity index (χ4n) is 0.0738. The third-order valence-electron chi connectivity index (χ3n) is 0.181. The Morgan fingerprint density at radius 1 is 1.83 bits per heavy atom. The molecule has 0 amide bonds. The highest BCUT2D eigenvalue weighted by Crippen LogP contribution is 1.75. The van der Waals surface area contributed by atoms with Crippen molar-refractivity contribution in [2.75, 3.05) is 6.86 Å². The quantitative estimate of drug-likeness (QED) is 0.224. The van der Waals surface area contributed by atoms with E-state index in [9.17, 15) is 4.39 Å². The van der Waals surface area contributed by atoms with Crippen molar-refractivity contribution >= 4 is 0 Å². The molecule has 0 aromatic rings. The number of hydrogen-bond donors (Lipinski definition) is 0. The van der Waals surface area contributed by atoms with E-state index in [0.29, 0.717) is 0 Å². The van der Waals surface area contributed by atoms with Crippen molar-refractivity contribution < 1.29 is 14.2 Å². The summed E-state index contributed by atoms with van der Waals surface area (Å²) < 4.78 is 10.8. The molecular formula is C3H5FO2. The van der Waals surface area contributed by atoms with Crippen molar-refractivity contribution in [3.8, 4) is 0 Å². The second-order valence-electron chi connectivity index (χ2n) is 0.490. The minimum Gasteiger partial charge on any atom is -0.343 e. The molecule has 0 atom stereocenters. The van der Waals surface area contributed by atoms with Gasteiger partial charge in [0.15, 0.2) is 0 Å². The van der Waals surface area contributed by atoms with Gasteiger partial charge >= 0.3 is 0 Å². The maximum atomic E-state index is 10.8. The molecule has 0 heterocycles. The Labute approximate surface area is 35.1 Å². The van der Waals surface area contributed by atoms with Gasteiger partial charge in [-0.1, -0.05) is 6.58 Å². The first kappa shape index (κ1) is 5.43. The summed E-state index contributed by atoms with van der Waals surface area (Å²) in [6, 6.07) is 0. The molecule has 0 saturated heterocycles. The van der Waals surface area contributed by atoms with E-state index in [4.69, 9.17) is 0 Å². The summed E-state index contributed by atoms with van der Waals surface area (Å²) in [5, 5.41) is 0. The summed E-state index contributed by atoms with van der Waals surface area (Å²) in [5.74, 6) is 0. The summed E-state index contributed by atoms with van der Waals surface area (Å²) >= 11 is 0. The molecule has 0 aliphatic rings. The average Bonchev–Trinajstić information content (AvgIpc) is 1.61. The average molecular weight is 92.1 g/mol. The molecule has 0 fully saturated rings. The van der Waals surface area contributed by atoms with Crippen molar-refractivity contribution in [1.29, 1.82) is 0 Å². The van der Waals surface area contributed by atoms with E-state index in [-0.39, 0.29) is 0 Å². The van der Waals surface area contributed by atoms with Crippen LogP contribution >= 0.6 is 0 Å². The lowest BCUT2D eigenvalue weighted by molar-refractivity contribution is -0.272. The lowest BCUT2D eigenvalue weighted by atomic mass is 11.2. The van der Waals surface area contributed by atoms with Gasteiger partial charge in [-0.25, -0.2) is 4.39 Å². The first-order chi connectivity index (χ1) is 2.91. The number of rotatable bonds is 3. The van der Waals surface area contributed by atoms with Crippen molar-refractivity contribution in [1.82, 2.24) is 0 Å². The first-order valence-corrected chi connectivity index (χ1v) is 1.37. The van der Waals surface area contributed by atoms with E-state index in [1.807, 2.05) is 0 Å². The largest absolute Gasteiger partial charge is 0.343 e. The topological polar surface area (TPSA) is 18.5 Å². The maximum Gasteiger partial charge on any atom is 0.233 e. The lowest BCUT2D eigenvalue weighted by Gasteiger charge is -1.87. The van der Waals surface area contributed by atoms with E-state index in [1.54, 1.807) is 0 Å². The Morgan fingerprint density at radius 3 is 2.67 bits per heavy atom. The molecule has 2 nitrogen and oxygen atoms in total. The SMILES string of the molecule is C=COOCF. The van der Waals surface area contributed by atoms with E-state index in [2.05, 4.69) is 16.4 Å². The van der Waals surface area contributed by atoms with Crippen LogP contribution in [-0.4, -0.2) is 6.86 Å². The zero-order chi connectivity index (χ0) is 4.83. The molecule has 36 valence electrons. The van der Waals surface area contributed by atoms with Gasteiger partial charge < -0.3 is 4.89 Å². The highest BCUT2D eigenvalue weighted by atomic mass is 19.1. The van der Waals surface area contributed by atoms with Crippen LogP contribution in [0.3, 0.4) is 0 Å². The molecule has 0 aromatic heterocycles. The van der Waals surface area contributed by atoms with Gasteiger partial charge in [-0.05, 0) is 0 Å². The number of halogens is 1. The molecule has 0 saturated carbocycles. The van der Waals surface area contributed by atoms with Gasteiger partial charge in [-0.2, -0.15) is 4.89 Å². The fraction of sp³-hybridized carbons (Fsp3) is 0.333. The standard InChI is InChI=1S/C3H5FO2/c1-2-5-6-3-4/h2H,1,3H2. The van der Waals surface area contributed by atoms with Crippen LogP contribution in [-0.2, 0) is 9.78 Å². The molecule has 0 rings (SSSR count). The zero-order valence-corrected chi connectivity index (χ0v) is 3.19. The van der Waals surface area contributed by atoms with Gasteiger partial charge in [0.1, 0.15) is 6.26 Å². The highest BCUT2D eigenvalue weighted by Gasteiger charge is 1.70. The molecular weight excluding hydrogens is 87.0 g/mol. The van der Waals surface area contributed by atoms with Crippen LogP contribution in [0.5, 0.6) is 0 Å². The molecule has 0 N–H and O–H groups in total. The predicted molar refractivity (Wildman–Crippen MR) is 18.3 cm³/mol. The highest BCUT2D eigenvalue weighted by molar-refractivity contribution is 4.41. The maximum absolute atomic E-state index is 10.8. The minimum atomic E-state index is -0.938. The Kier molecular flexibility index (Phi) is 4.01. The zero-order valence-electron chi connectivity index (χ0n) is 3.19. The summed E-state index contributed by atoms with van der Waals surface area (Å²) in [4.78, 5) is 7.57. The van der Waals surface area contributed by atoms with E-state index < -0.39 is 6.86 Å². The van der Waals surface area contributed by atoms with Crippen LogP contribution in [0, 0.1) is 0 Å². The molecule has 0 aliphatic carbocycles. The third kappa shape index (κ3) is 3.43. The Hall–Kier alpha value is -0.570. The van der Waals surface area contributed by atoms with Crippen LogP contribution in [0.2, 0.25) is 0 Å². The second kappa shape index (κ2) is 4.43. The molecule has 0 bridgehead atoms. The lowest BCUT2D eigenvalue weighted by Crippen LogP contribution is -1.80. The molecule has 0 aromatic carbocycles. The first-order valence-electron chi connectivity index (χ1n) is 1.37. The Bertz CT molecular complexity index is 37.8. The van der Waals surface area contributed by atoms with Crippen LogP contribution in [0.1, 0.15) is 0 Å². The molecule has 6 heavy (non-hydrogen) atoms. The van der Waals surface area contributed by atoms with Gasteiger partial charge in [0.25, 0.3) is 0 Å². The monoisotopic (exact) mass is 92.0 g/mol. The summed E-state index contributed by atoms with van der Waals surface area (Å²) in [5.41, 5.74) is 0. The van der Waals surface area contributed by atoms with E-state index in [0.717, 1.165) is 6.26 Å². The van der Waals surface area contributed by atoms with Gasteiger partial charge in [-0.15, -0.1) is 0 Å². The van der Waals surface area contributed by atoms with E-state index >= 15 is 0 Å². The third-order valence-corrected chi connectivity index (χ3v) is 0.181. The Morgan fingerprint density at radius 2 is 2.50 bits per heavy atom. The molecule has 0 aliphatic heterocycles. The van der Waals surface area contributed by atoms with Gasteiger partial charge in [0.05, 0.1) is 0 Å². The van der Waals surface area contributed by atoms with Crippen LogP contribution < -0.4 is 0 Å².